The minimum atomic E-state index is -0.339. The van der Waals surface area contributed by atoms with E-state index in [1.165, 1.54) is 0 Å². The lowest BCUT2D eigenvalue weighted by atomic mass is 9.91. The van der Waals surface area contributed by atoms with Crippen LogP contribution in [0.1, 0.15) is 36.2 Å². The third-order valence-electron chi connectivity index (χ3n) is 5.52. The van der Waals surface area contributed by atoms with Gasteiger partial charge >= 0.3 is 6.03 Å². The van der Waals surface area contributed by atoms with Gasteiger partial charge in [-0.2, -0.15) is 0 Å². The quantitative estimate of drug-likeness (QED) is 0.627. The number of nitrogens with zero attached hydrogens (tertiary/aromatic N) is 2. The number of rotatable bonds is 5. The summed E-state index contributed by atoms with van der Waals surface area (Å²) in [4.78, 5) is 29.7. The summed E-state index contributed by atoms with van der Waals surface area (Å²) in [5, 5.41) is 5.72. The standard InChI is InChI=1S/C24H31BrN4O2/c1-16-11-17(2)15-29(14-16)23(30)21-12-19(25)7-10-22(21)27-24(31)26-13-18-5-8-20(9-6-18)28(3)4/h5-10,12,16-17H,11,13-15H2,1-4H3,(H2,26,27,31)/t16-,17+. The van der Waals surface area contributed by atoms with E-state index >= 15 is 0 Å². The second kappa shape index (κ2) is 10.2. The van der Waals surface area contributed by atoms with Gasteiger partial charge in [-0.05, 0) is 54.2 Å². The van der Waals surface area contributed by atoms with E-state index in [0.29, 0.717) is 29.6 Å². The Bertz CT molecular complexity index is 920. The SMILES string of the molecule is C[C@@H]1C[C@H](C)CN(C(=O)c2cc(Br)ccc2NC(=O)NCc2ccc(N(C)C)cc2)C1. The van der Waals surface area contributed by atoms with Crippen LogP contribution in [-0.2, 0) is 6.54 Å². The van der Waals surface area contributed by atoms with Gasteiger partial charge in [0.2, 0.25) is 0 Å². The first-order valence-electron chi connectivity index (χ1n) is 10.6. The molecule has 3 rings (SSSR count). The molecule has 6 nitrogen and oxygen atoms in total. The highest BCUT2D eigenvalue weighted by Crippen LogP contribution is 2.27. The number of hydrogen-bond donors (Lipinski definition) is 2. The highest BCUT2D eigenvalue weighted by molar-refractivity contribution is 9.10. The summed E-state index contributed by atoms with van der Waals surface area (Å²) in [6.07, 6.45) is 1.13. The number of carbonyl (C=O) groups excluding carboxylic acids is 2. The van der Waals surface area contributed by atoms with E-state index in [4.69, 9.17) is 0 Å². The molecule has 0 aromatic heterocycles. The molecule has 0 unspecified atom stereocenters. The van der Waals surface area contributed by atoms with Crippen LogP contribution in [0.3, 0.4) is 0 Å². The zero-order valence-corrected chi connectivity index (χ0v) is 20.2. The number of benzene rings is 2. The second-order valence-electron chi connectivity index (χ2n) is 8.71. The largest absolute Gasteiger partial charge is 0.378 e. The summed E-state index contributed by atoms with van der Waals surface area (Å²) in [5.41, 5.74) is 3.12. The van der Waals surface area contributed by atoms with Crippen molar-refractivity contribution in [2.24, 2.45) is 11.8 Å². The summed E-state index contributed by atoms with van der Waals surface area (Å²) in [6, 6.07) is 13.0. The molecule has 0 aliphatic carbocycles. The van der Waals surface area contributed by atoms with Crippen LogP contribution in [-0.4, -0.2) is 44.0 Å². The van der Waals surface area contributed by atoms with Crippen molar-refractivity contribution in [1.82, 2.24) is 10.2 Å². The fourth-order valence-corrected chi connectivity index (χ4v) is 4.42. The summed E-state index contributed by atoms with van der Waals surface area (Å²) >= 11 is 3.45. The molecule has 2 N–H and O–H groups in total. The molecule has 2 aromatic rings. The first-order chi connectivity index (χ1) is 14.7. The lowest BCUT2D eigenvalue weighted by molar-refractivity contribution is 0.0624. The third-order valence-corrected chi connectivity index (χ3v) is 6.02. The molecule has 1 aliphatic heterocycles. The predicted molar refractivity (Wildman–Crippen MR) is 130 cm³/mol. The smallest absolute Gasteiger partial charge is 0.319 e. The van der Waals surface area contributed by atoms with E-state index in [1.54, 1.807) is 12.1 Å². The van der Waals surface area contributed by atoms with Gasteiger partial charge in [0.05, 0.1) is 11.3 Å². The van der Waals surface area contributed by atoms with Crippen molar-refractivity contribution in [3.05, 3.63) is 58.1 Å². The van der Waals surface area contributed by atoms with Gasteiger partial charge in [0, 0.05) is 43.9 Å². The topological polar surface area (TPSA) is 64.7 Å². The van der Waals surface area contributed by atoms with Crippen LogP contribution in [0, 0.1) is 11.8 Å². The Hall–Kier alpha value is -2.54. The first kappa shape index (κ1) is 23.1. The molecule has 0 spiro atoms. The van der Waals surface area contributed by atoms with Crippen molar-refractivity contribution in [2.75, 3.05) is 37.4 Å². The third kappa shape index (κ3) is 6.23. The maximum Gasteiger partial charge on any atom is 0.319 e. The maximum absolute atomic E-state index is 13.2. The molecule has 3 amide bonds. The van der Waals surface area contributed by atoms with E-state index in [1.807, 2.05) is 54.2 Å². The lowest BCUT2D eigenvalue weighted by Gasteiger charge is -2.35. The molecule has 0 saturated carbocycles. The normalized spacial score (nSPS) is 18.4. The second-order valence-corrected chi connectivity index (χ2v) is 9.63. The van der Waals surface area contributed by atoms with Crippen molar-refractivity contribution in [1.29, 1.82) is 0 Å². The van der Waals surface area contributed by atoms with E-state index in [-0.39, 0.29) is 11.9 Å². The number of likely N-dealkylation sites (tertiary alicyclic amines) is 1. The monoisotopic (exact) mass is 486 g/mol. The van der Waals surface area contributed by atoms with Gasteiger partial charge in [-0.1, -0.05) is 41.9 Å². The molecule has 1 fully saturated rings. The van der Waals surface area contributed by atoms with Crippen molar-refractivity contribution in [3.63, 3.8) is 0 Å². The Morgan fingerprint density at radius 2 is 1.71 bits per heavy atom. The number of hydrogen-bond acceptors (Lipinski definition) is 3. The van der Waals surface area contributed by atoms with Gasteiger partial charge in [-0.15, -0.1) is 0 Å². The van der Waals surface area contributed by atoms with E-state index in [0.717, 1.165) is 35.2 Å². The molecule has 1 saturated heterocycles. The maximum atomic E-state index is 13.2. The molecular weight excluding hydrogens is 456 g/mol. The molecule has 2 aromatic carbocycles. The van der Waals surface area contributed by atoms with Crippen LogP contribution in [0.25, 0.3) is 0 Å². The Morgan fingerprint density at radius 3 is 2.32 bits per heavy atom. The summed E-state index contributed by atoms with van der Waals surface area (Å²) in [7, 11) is 3.98. The van der Waals surface area contributed by atoms with Crippen LogP contribution in [0.15, 0.2) is 46.9 Å². The number of urea groups is 1. The number of anilines is 2. The van der Waals surface area contributed by atoms with Gasteiger partial charge in [-0.25, -0.2) is 4.79 Å². The summed E-state index contributed by atoms with van der Waals surface area (Å²) in [5.74, 6) is 0.895. The molecule has 1 aliphatic rings. The average Bonchev–Trinajstić information content (AvgIpc) is 2.72. The highest BCUT2D eigenvalue weighted by Gasteiger charge is 2.27. The number of amides is 3. The highest BCUT2D eigenvalue weighted by atomic mass is 79.9. The minimum Gasteiger partial charge on any atom is -0.378 e. The Labute approximate surface area is 193 Å². The zero-order chi connectivity index (χ0) is 22.5. The first-order valence-corrected chi connectivity index (χ1v) is 11.4. The van der Waals surface area contributed by atoms with Crippen molar-refractivity contribution < 1.29 is 9.59 Å². The van der Waals surface area contributed by atoms with E-state index in [9.17, 15) is 9.59 Å². The number of carbonyl (C=O) groups is 2. The van der Waals surface area contributed by atoms with Crippen molar-refractivity contribution >= 4 is 39.2 Å². The fourth-order valence-electron chi connectivity index (χ4n) is 4.06. The fraction of sp³-hybridized carbons (Fsp3) is 0.417. The van der Waals surface area contributed by atoms with Gasteiger partial charge in [0.15, 0.2) is 0 Å². The number of nitrogens with one attached hydrogen (secondary N) is 2. The minimum absolute atomic E-state index is 0.0470. The van der Waals surface area contributed by atoms with Crippen LogP contribution < -0.4 is 15.5 Å². The van der Waals surface area contributed by atoms with Crippen LogP contribution in [0.4, 0.5) is 16.2 Å². The lowest BCUT2D eigenvalue weighted by Crippen LogP contribution is -2.43. The molecule has 2 atom stereocenters. The molecule has 0 bridgehead atoms. The Kier molecular flexibility index (Phi) is 7.59. The Morgan fingerprint density at radius 1 is 1.06 bits per heavy atom. The van der Waals surface area contributed by atoms with Gasteiger partial charge in [0.25, 0.3) is 5.91 Å². The van der Waals surface area contributed by atoms with Crippen molar-refractivity contribution in [3.8, 4) is 0 Å². The van der Waals surface area contributed by atoms with E-state index in [2.05, 4.69) is 40.4 Å². The molecular formula is C24H31BrN4O2. The zero-order valence-electron chi connectivity index (χ0n) is 18.6. The summed E-state index contributed by atoms with van der Waals surface area (Å²) < 4.78 is 0.806. The van der Waals surface area contributed by atoms with E-state index < -0.39 is 0 Å². The molecule has 31 heavy (non-hydrogen) atoms. The molecule has 1 heterocycles. The van der Waals surface area contributed by atoms with Gasteiger partial charge in [0.1, 0.15) is 0 Å². The van der Waals surface area contributed by atoms with Crippen molar-refractivity contribution in [2.45, 2.75) is 26.8 Å². The molecule has 166 valence electrons. The van der Waals surface area contributed by atoms with Crippen LogP contribution in [0.2, 0.25) is 0 Å². The predicted octanol–water partition coefficient (Wildman–Crippen LogP) is 4.95. The number of piperidine rings is 1. The van der Waals surface area contributed by atoms with Crippen LogP contribution >= 0.6 is 15.9 Å². The van der Waals surface area contributed by atoms with Crippen LogP contribution in [0.5, 0.6) is 0 Å². The molecule has 7 heteroatoms. The Balaban J connectivity index is 1.67. The molecule has 0 radical (unpaired) electrons. The number of halogens is 1. The van der Waals surface area contributed by atoms with Gasteiger partial charge in [-0.3, -0.25) is 4.79 Å². The average molecular weight is 487 g/mol. The summed E-state index contributed by atoms with van der Waals surface area (Å²) in [6.45, 7) is 6.23. The van der Waals surface area contributed by atoms with Gasteiger partial charge < -0.3 is 20.4 Å².